The van der Waals surface area contributed by atoms with Gasteiger partial charge in [-0.1, -0.05) is 18.2 Å². The molecule has 2 aromatic rings. The Kier molecular flexibility index (Phi) is 5.32. The van der Waals surface area contributed by atoms with Crippen LogP contribution < -0.4 is 5.32 Å². The van der Waals surface area contributed by atoms with Crippen molar-refractivity contribution in [3.8, 4) is 0 Å². The third-order valence-electron chi connectivity index (χ3n) is 4.69. The van der Waals surface area contributed by atoms with Gasteiger partial charge in [0.15, 0.2) is 0 Å². The van der Waals surface area contributed by atoms with E-state index in [0.717, 1.165) is 6.07 Å². The van der Waals surface area contributed by atoms with Crippen LogP contribution in [0.5, 0.6) is 0 Å². The Morgan fingerprint density at radius 3 is 2.71 bits per heavy atom. The number of aliphatic imine (C=N–C) groups is 1. The number of halogens is 3. The molecule has 0 bridgehead atoms. The fourth-order valence-corrected chi connectivity index (χ4v) is 3.21. The van der Waals surface area contributed by atoms with Crippen LogP contribution in [0.4, 0.5) is 23.7 Å². The van der Waals surface area contributed by atoms with Gasteiger partial charge in [0.1, 0.15) is 12.0 Å². The number of amides is 3. The molecule has 0 saturated carbocycles. The zero-order valence-electron chi connectivity index (χ0n) is 16.0. The summed E-state index contributed by atoms with van der Waals surface area (Å²) in [6.07, 6.45) is -0.341. The van der Waals surface area contributed by atoms with Crippen molar-refractivity contribution in [2.24, 2.45) is 4.99 Å². The van der Waals surface area contributed by atoms with E-state index in [1.807, 2.05) is 0 Å². The Balaban J connectivity index is 1.49. The van der Waals surface area contributed by atoms with Crippen molar-refractivity contribution in [1.82, 2.24) is 14.8 Å². The summed E-state index contributed by atoms with van der Waals surface area (Å²) in [6, 6.07) is 7.51. The van der Waals surface area contributed by atoms with Gasteiger partial charge in [0, 0.05) is 25.8 Å². The quantitative estimate of drug-likeness (QED) is 0.804. The summed E-state index contributed by atoms with van der Waals surface area (Å²) in [5, 5.41) is 2.65. The number of nitrogens with zero attached hydrogens (tertiary/aromatic N) is 4. The summed E-state index contributed by atoms with van der Waals surface area (Å²) >= 11 is 0. The second kappa shape index (κ2) is 8.09. The fourth-order valence-electron chi connectivity index (χ4n) is 3.21. The molecule has 0 fully saturated rings. The van der Waals surface area contributed by atoms with Crippen molar-refractivity contribution < 1.29 is 27.5 Å². The van der Waals surface area contributed by atoms with Gasteiger partial charge < -0.3 is 15.0 Å². The van der Waals surface area contributed by atoms with Crippen LogP contribution in [0.3, 0.4) is 0 Å². The first-order valence-corrected chi connectivity index (χ1v) is 9.21. The van der Waals surface area contributed by atoms with Gasteiger partial charge in [-0.15, -0.1) is 4.99 Å². The number of aromatic nitrogens is 1. The predicted molar refractivity (Wildman–Crippen MR) is 103 cm³/mol. The van der Waals surface area contributed by atoms with E-state index < -0.39 is 23.7 Å². The van der Waals surface area contributed by atoms with Crippen LogP contribution in [0.25, 0.3) is 0 Å². The molecule has 8 nitrogen and oxygen atoms in total. The van der Waals surface area contributed by atoms with E-state index in [4.69, 9.17) is 4.74 Å². The van der Waals surface area contributed by atoms with Crippen LogP contribution in [0, 0.1) is 0 Å². The van der Waals surface area contributed by atoms with Gasteiger partial charge in [-0.3, -0.25) is 14.7 Å². The molecular weight excluding hydrogens is 415 g/mol. The molecule has 4 rings (SSSR count). The van der Waals surface area contributed by atoms with Gasteiger partial charge in [-0.05, 0) is 23.8 Å². The van der Waals surface area contributed by atoms with Crippen molar-refractivity contribution in [2.75, 3.05) is 18.4 Å². The number of hydrogen-bond donors (Lipinski definition) is 1. The van der Waals surface area contributed by atoms with Gasteiger partial charge in [-0.25, -0.2) is 4.79 Å². The number of anilines is 1. The molecule has 2 aliphatic heterocycles. The molecule has 31 heavy (non-hydrogen) atoms. The molecule has 3 amide bonds. The number of pyridine rings is 1. The van der Waals surface area contributed by atoms with Gasteiger partial charge in [-0.2, -0.15) is 13.2 Å². The van der Waals surface area contributed by atoms with E-state index in [2.05, 4.69) is 15.3 Å². The number of nitrogens with one attached hydrogen (secondary N) is 1. The molecule has 1 aromatic heterocycles. The van der Waals surface area contributed by atoms with Crippen molar-refractivity contribution in [1.29, 1.82) is 0 Å². The molecule has 0 atom stereocenters. The van der Waals surface area contributed by atoms with Crippen LogP contribution in [-0.2, 0) is 22.3 Å². The summed E-state index contributed by atoms with van der Waals surface area (Å²) in [4.78, 5) is 35.4. The zero-order chi connectivity index (χ0) is 22.0. The van der Waals surface area contributed by atoms with E-state index in [1.54, 1.807) is 18.3 Å². The fraction of sp³-hybridized carbons (Fsp3) is 0.200. The molecule has 3 heterocycles. The molecule has 160 valence electrons. The highest BCUT2D eigenvalue weighted by Gasteiger charge is 2.36. The average molecular weight is 431 g/mol. The number of urea groups is 1. The Bertz CT molecular complexity index is 1070. The van der Waals surface area contributed by atoms with Crippen LogP contribution in [0.2, 0.25) is 0 Å². The first-order valence-electron chi connectivity index (χ1n) is 9.21. The van der Waals surface area contributed by atoms with Crippen LogP contribution >= 0.6 is 0 Å². The highest BCUT2D eigenvalue weighted by atomic mass is 19.4. The number of ether oxygens (including phenoxy) is 1. The number of carbonyl (C=O) groups is 2. The first kappa shape index (κ1) is 20.4. The van der Waals surface area contributed by atoms with E-state index in [9.17, 15) is 22.8 Å². The smallest absolute Gasteiger partial charge is 0.416 e. The lowest BCUT2D eigenvalue weighted by molar-refractivity contribution is -0.138. The molecule has 1 aromatic carbocycles. The van der Waals surface area contributed by atoms with E-state index in [0.29, 0.717) is 5.69 Å². The molecule has 1 N–H and O–H groups in total. The first-order chi connectivity index (χ1) is 14.8. The lowest BCUT2D eigenvalue weighted by atomic mass is 10.1. The maximum absolute atomic E-state index is 13.3. The Labute approximate surface area is 174 Å². The average Bonchev–Trinajstić information content (AvgIpc) is 3.07. The SMILES string of the molecule is O=C(Nc1cccnc1)C1=COC2=NC(=O)N(Cc3ccccc3C(F)(F)F)CCN12. The van der Waals surface area contributed by atoms with Crippen molar-refractivity contribution in [3.63, 3.8) is 0 Å². The Morgan fingerprint density at radius 1 is 1.16 bits per heavy atom. The van der Waals surface area contributed by atoms with Crippen molar-refractivity contribution in [2.45, 2.75) is 12.7 Å². The summed E-state index contributed by atoms with van der Waals surface area (Å²) in [5.74, 6) is -0.499. The molecule has 0 unspecified atom stereocenters. The standard InChI is InChI=1S/C20H16F3N5O3/c21-20(22,23)15-6-2-1-4-13(15)11-27-8-9-28-16(12-31-19(28)26-18(27)30)17(29)25-14-5-3-7-24-10-14/h1-7,10,12H,8-9,11H2,(H,25,29). The number of amidine groups is 1. The minimum Gasteiger partial charge on any atom is -0.431 e. The topological polar surface area (TPSA) is 87.1 Å². The molecule has 11 heteroatoms. The van der Waals surface area contributed by atoms with Gasteiger partial charge in [0.05, 0.1) is 17.4 Å². The van der Waals surface area contributed by atoms with Crippen molar-refractivity contribution in [3.05, 3.63) is 71.9 Å². The number of carbonyl (C=O) groups excluding carboxylic acids is 2. The third-order valence-corrected chi connectivity index (χ3v) is 4.69. The highest BCUT2D eigenvalue weighted by Crippen LogP contribution is 2.32. The maximum Gasteiger partial charge on any atom is 0.416 e. The lowest BCUT2D eigenvalue weighted by Gasteiger charge is -2.22. The number of rotatable bonds is 4. The third kappa shape index (κ3) is 4.34. The van der Waals surface area contributed by atoms with Crippen molar-refractivity contribution >= 4 is 23.6 Å². The molecule has 0 aliphatic carbocycles. The molecule has 2 aliphatic rings. The summed E-state index contributed by atoms with van der Waals surface area (Å²) in [6.45, 7) is -0.121. The summed E-state index contributed by atoms with van der Waals surface area (Å²) < 4.78 is 45.1. The molecule has 0 saturated heterocycles. The molecule has 0 spiro atoms. The summed E-state index contributed by atoms with van der Waals surface area (Å²) in [5.41, 5.74) is -0.271. The molecular formula is C20H16F3N5O3. The van der Waals surface area contributed by atoms with Crippen LogP contribution in [0.1, 0.15) is 11.1 Å². The largest absolute Gasteiger partial charge is 0.431 e. The Hall–Kier alpha value is -3.89. The van der Waals surface area contributed by atoms with Gasteiger partial charge in [0.2, 0.25) is 0 Å². The number of hydrogen-bond acceptors (Lipinski definition) is 5. The normalized spacial score (nSPS) is 16.2. The number of alkyl halides is 3. The van der Waals surface area contributed by atoms with Crippen LogP contribution in [0.15, 0.2) is 65.7 Å². The second-order valence-electron chi connectivity index (χ2n) is 6.72. The highest BCUT2D eigenvalue weighted by molar-refractivity contribution is 6.07. The maximum atomic E-state index is 13.3. The Morgan fingerprint density at radius 2 is 1.97 bits per heavy atom. The summed E-state index contributed by atoms with van der Waals surface area (Å²) in [7, 11) is 0. The minimum atomic E-state index is -4.54. The number of fused-ring (bicyclic) bond motifs is 1. The monoisotopic (exact) mass is 431 g/mol. The van der Waals surface area contributed by atoms with Gasteiger partial charge >= 0.3 is 18.2 Å². The zero-order valence-corrected chi connectivity index (χ0v) is 16.0. The van der Waals surface area contributed by atoms with E-state index in [-0.39, 0.29) is 36.9 Å². The van der Waals surface area contributed by atoms with Crippen LogP contribution in [-0.4, -0.2) is 45.8 Å². The minimum absolute atomic E-state index is 0.0406. The molecule has 0 radical (unpaired) electrons. The second-order valence-corrected chi connectivity index (χ2v) is 6.72. The van der Waals surface area contributed by atoms with E-state index in [1.165, 1.54) is 40.5 Å². The van der Waals surface area contributed by atoms with E-state index >= 15 is 0 Å². The van der Waals surface area contributed by atoms with Gasteiger partial charge in [0.25, 0.3) is 5.91 Å². The predicted octanol–water partition coefficient (Wildman–Crippen LogP) is 3.20. The lowest BCUT2D eigenvalue weighted by Crippen LogP contribution is -2.36. The number of benzene rings is 1.